The predicted molar refractivity (Wildman–Crippen MR) is 74.4 cm³/mol. The quantitative estimate of drug-likeness (QED) is 0.740. The molecule has 0 saturated carbocycles. The number of nitrogens with one attached hydrogen (secondary N) is 2. The van der Waals surface area contributed by atoms with Crippen molar-refractivity contribution in [3.05, 3.63) is 47.7 Å². The largest absolute Gasteiger partial charge is 0.444 e. The van der Waals surface area contributed by atoms with Crippen molar-refractivity contribution in [3.63, 3.8) is 0 Å². The molecule has 2 rings (SSSR count). The number of amides is 1. The monoisotopic (exact) mass is 275 g/mol. The van der Waals surface area contributed by atoms with Gasteiger partial charge in [0, 0.05) is 17.8 Å². The Kier molecular flexibility index (Phi) is 4.73. The van der Waals surface area contributed by atoms with Gasteiger partial charge in [-0.05, 0) is 25.1 Å². The highest BCUT2D eigenvalue weighted by Crippen LogP contribution is 2.12. The van der Waals surface area contributed by atoms with Gasteiger partial charge in [0.15, 0.2) is 0 Å². The Morgan fingerprint density at radius 1 is 1.45 bits per heavy atom. The van der Waals surface area contributed by atoms with E-state index in [1.807, 2.05) is 13.0 Å². The van der Waals surface area contributed by atoms with E-state index in [0.717, 1.165) is 11.4 Å². The molecule has 1 amide bonds. The average molecular weight is 275 g/mol. The Bertz CT molecular complexity index is 581. The summed E-state index contributed by atoms with van der Waals surface area (Å²) < 4.78 is 5.36. The van der Waals surface area contributed by atoms with Gasteiger partial charge < -0.3 is 20.2 Å². The smallest absolute Gasteiger partial charge is 0.251 e. The van der Waals surface area contributed by atoms with E-state index >= 15 is 0 Å². The molecule has 0 bridgehead atoms. The average Bonchev–Trinajstić information content (AvgIpc) is 2.88. The van der Waals surface area contributed by atoms with E-state index in [1.54, 1.807) is 24.4 Å². The fourth-order valence-corrected chi connectivity index (χ4v) is 1.70. The Labute approximate surface area is 116 Å². The third kappa shape index (κ3) is 3.83. The number of benzene rings is 1. The number of hydrogen-bond acceptors (Lipinski definition) is 5. The highest BCUT2D eigenvalue weighted by atomic mass is 16.4. The molecule has 0 radical (unpaired) electrons. The molecule has 106 valence electrons. The molecule has 0 atom stereocenters. The van der Waals surface area contributed by atoms with Crippen molar-refractivity contribution in [1.82, 2.24) is 10.3 Å². The van der Waals surface area contributed by atoms with Crippen LogP contribution in [0.15, 0.2) is 34.9 Å². The van der Waals surface area contributed by atoms with Crippen LogP contribution in [0.25, 0.3) is 0 Å². The van der Waals surface area contributed by atoms with Crippen LogP contribution >= 0.6 is 0 Å². The number of carbonyl (C=O) groups excluding carboxylic acids is 1. The maximum absolute atomic E-state index is 11.8. The molecule has 0 spiro atoms. The van der Waals surface area contributed by atoms with Crippen LogP contribution < -0.4 is 10.6 Å². The van der Waals surface area contributed by atoms with E-state index in [-0.39, 0.29) is 19.1 Å². The Balaban J connectivity index is 1.97. The van der Waals surface area contributed by atoms with E-state index in [1.165, 1.54) is 0 Å². The number of carbonyl (C=O) groups is 1. The summed E-state index contributed by atoms with van der Waals surface area (Å²) in [6, 6.07) is 7.10. The van der Waals surface area contributed by atoms with Gasteiger partial charge in [-0.1, -0.05) is 6.07 Å². The molecular formula is C14H17N3O3. The van der Waals surface area contributed by atoms with Crippen molar-refractivity contribution in [1.29, 1.82) is 0 Å². The number of anilines is 1. The molecule has 6 nitrogen and oxygen atoms in total. The summed E-state index contributed by atoms with van der Waals surface area (Å²) in [7, 11) is 0. The predicted octanol–water partition coefficient (Wildman–Crippen LogP) is 1.32. The molecule has 1 aromatic heterocycles. The van der Waals surface area contributed by atoms with Crippen molar-refractivity contribution in [2.24, 2.45) is 0 Å². The van der Waals surface area contributed by atoms with Gasteiger partial charge in [-0.25, -0.2) is 4.98 Å². The van der Waals surface area contributed by atoms with Crippen LogP contribution in [0.5, 0.6) is 0 Å². The molecule has 1 heterocycles. The second kappa shape index (κ2) is 6.72. The van der Waals surface area contributed by atoms with Crippen molar-refractivity contribution in [3.8, 4) is 0 Å². The summed E-state index contributed by atoms with van der Waals surface area (Å²) in [5.74, 6) is 1.14. The zero-order chi connectivity index (χ0) is 14.4. The number of aryl methyl sites for hydroxylation is 1. The van der Waals surface area contributed by atoms with Crippen molar-refractivity contribution < 1.29 is 14.3 Å². The van der Waals surface area contributed by atoms with Crippen LogP contribution in [0.1, 0.15) is 22.0 Å². The first-order valence-corrected chi connectivity index (χ1v) is 6.33. The van der Waals surface area contributed by atoms with Gasteiger partial charge in [0.2, 0.25) is 5.89 Å². The summed E-state index contributed by atoms with van der Waals surface area (Å²) in [5.41, 5.74) is 1.34. The molecule has 1 aromatic carbocycles. The lowest BCUT2D eigenvalue weighted by Gasteiger charge is -2.07. The first kappa shape index (κ1) is 14.1. The topological polar surface area (TPSA) is 87.4 Å². The van der Waals surface area contributed by atoms with E-state index in [0.29, 0.717) is 18.0 Å². The lowest BCUT2D eigenvalue weighted by atomic mass is 10.2. The van der Waals surface area contributed by atoms with E-state index in [4.69, 9.17) is 9.52 Å². The number of aliphatic hydroxyl groups excluding tert-OH is 1. The SMILES string of the molecule is Cc1cnc(CNc2cccc(C(=O)NCCO)c2)o1. The molecule has 0 unspecified atom stereocenters. The minimum atomic E-state index is -0.213. The van der Waals surface area contributed by atoms with E-state index in [9.17, 15) is 4.79 Å². The van der Waals surface area contributed by atoms with Crippen molar-refractivity contribution in [2.45, 2.75) is 13.5 Å². The highest BCUT2D eigenvalue weighted by Gasteiger charge is 2.06. The number of hydrogen-bond donors (Lipinski definition) is 3. The highest BCUT2D eigenvalue weighted by molar-refractivity contribution is 5.95. The van der Waals surface area contributed by atoms with Gasteiger partial charge in [0.05, 0.1) is 19.3 Å². The lowest BCUT2D eigenvalue weighted by Crippen LogP contribution is -2.26. The summed E-state index contributed by atoms with van der Waals surface area (Å²) in [6.45, 7) is 2.46. The maximum Gasteiger partial charge on any atom is 0.251 e. The molecular weight excluding hydrogens is 258 g/mol. The van der Waals surface area contributed by atoms with Gasteiger partial charge in [-0.15, -0.1) is 0 Å². The zero-order valence-corrected chi connectivity index (χ0v) is 11.2. The molecule has 0 saturated heterocycles. The van der Waals surface area contributed by atoms with Crippen LogP contribution in [-0.2, 0) is 6.54 Å². The number of aliphatic hydroxyl groups is 1. The van der Waals surface area contributed by atoms with Crippen molar-refractivity contribution in [2.75, 3.05) is 18.5 Å². The third-order valence-electron chi connectivity index (χ3n) is 2.64. The Hall–Kier alpha value is -2.34. The molecule has 0 fully saturated rings. The first-order valence-electron chi connectivity index (χ1n) is 6.33. The number of aromatic nitrogens is 1. The molecule has 6 heteroatoms. The van der Waals surface area contributed by atoms with Crippen LogP contribution in [0.3, 0.4) is 0 Å². The first-order chi connectivity index (χ1) is 9.69. The van der Waals surface area contributed by atoms with Gasteiger partial charge in [-0.3, -0.25) is 4.79 Å². The van der Waals surface area contributed by atoms with E-state index < -0.39 is 0 Å². The van der Waals surface area contributed by atoms with Gasteiger partial charge in [0.25, 0.3) is 5.91 Å². The maximum atomic E-state index is 11.8. The Morgan fingerprint density at radius 3 is 3.00 bits per heavy atom. The summed E-state index contributed by atoms with van der Waals surface area (Å²) in [5, 5.41) is 14.4. The minimum absolute atomic E-state index is 0.0762. The van der Waals surface area contributed by atoms with Crippen LogP contribution in [0.2, 0.25) is 0 Å². The molecule has 0 aliphatic rings. The molecule has 0 aliphatic carbocycles. The van der Waals surface area contributed by atoms with Crippen molar-refractivity contribution >= 4 is 11.6 Å². The molecule has 20 heavy (non-hydrogen) atoms. The molecule has 2 aromatic rings. The molecule has 0 aliphatic heterocycles. The molecule has 3 N–H and O–H groups in total. The summed E-state index contributed by atoms with van der Waals surface area (Å²) in [4.78, 5) is 15.8. The number of oxazole rings is 1. The standard InChI is InChI=1S/C14H17N3O3/c1-10-8-17-13(20-10)9-16-12-4-2-3-11(7-12)14(19)15-5-6-18/h2-4,7-8,16,18H,5-6,9H2,1H3,(H,15,19). The fraction of sp³-hybridized carbons (Fsp3) is 0.286. The third-order valence-corrected chi connectivity index (χ3v) is 2.64. The number of nitrogens with zero attached hydrogens (tertiary/aromatic N) is 1. The van der Waals surface area contributed by atoms with Gasteiger partial charge in [0.1, 0.15) is 5.76 Å². The van der Waals surface area contributed by atoms with Crippen LogP contribution in [-0.4, -0.2) is 29.1 Å². The minimum Gasteiger partial charge on any atom is -0.444 e. The second-order valence-corrected chi connectivity index (χ2v) is 4.28. The van der Waals surface area contributed by atoms with Gasteiger partial charge in [-0.2, -0.15) is 0 Å². The van der Waals surface area contributed by atoms with Crippen LogP contribution in [0, 0.1) is 6.92 Å². The second-order valence-electron chi connectivity index (χ2n) is 4.28. The number of rotatable bonds is 6. The Morgan fingerprint density at radius 2 is 2.30 bits per heavy atom. The normalized spacial score (nSPS) is 10.3. The zero-order valence-electron chi connectivity index (χ0n) is 11.2. The van der Waals surface area contributed by atoms with Crippen LogP contribution in [0.4, 0.5) is 5.69 Å². The fourth-order valence-electron chi connectivity index (χ4n) is 1.70. The van der Waals surface area contributed by atoms with E-state index in [2.05, 4.69) is 15.6 Å². The summed E-state index contributed by atoms with van der Waals surface area (Å²) >= 11 is 0. The van der Waals surface area contributed by atoms with Gasteiger partial charge >= 0.3 is 0 Å². The lowest BCUT2D eigenvalue weighted by molar-refractivity contribution is 0.0945. The summed E-state index contributed by atoms with van der Waals surface area (Å²) in [6.07, 6.45) is 1.66.